The largest absolute Gasteiger partial charge is 0.416 e. The number of likely N-dealkylation sites (N-methyl/N-ethyl adjacent to an activating group) is 1. The molecule has 184 valence electrons. The molecule has 2 aliphatic rings. The van der Waals surface area contributed by atoms with Gasteiger partial charge in [-0.25, -0.2) is 0 Å². The molecule has 8 heteroatoms. The minimum Gasteiger partial charge on any atom is -0.345 e. The van der Waals surface area contributed by atoms with E-state index in [4.69, 9.17) is 0 Å². The van der Waals surface area contributed by atoms with E-state index >= 15 is 0 Å². The maximum Gasteiger partial charge on any atom is 0.416 e. The number of amides is 2. The Kier molecular flexibility index (Phi) is 6.38. The molecule has 0 bridgehead atoms. The summed E-state index contributed by atoms with van der Waals surface area (Å²) in [6.45, 7) is 0. The predicted octanol–water partition coefficient (Wildman–Crippen LogP) is 6.62. The molecular formula is C28H23F3N2O2S. The van der Waals surface area contributed by atoms with Gasteiger partial charge in [-0.15, -0.1) is 0 Å². The minimum atomic E-state index is -4.41. The van der Waals surface area contributed by atoms with Gasteiger partial charge in [0.25, 0.3) is 11.8 Å². The number of hydrogen-bond acceptors (Lipinski definition) is 3. The quantitative estimate of drug-likeness (QED) is 0.405. The summed E-state index contributed by atoms with van der Waals surface area (Å²) >= 11 is 1.24. The van der Waals surface area contributed by atoms with Gasteiger partial charge in [0, 0.05) is 17.5 Å². The molecular weight excluding hydrogens is 485 g/mol. The smallest absolute Gasteiger partial charge is 0.345 e. The Labute approximate surface area is 211 Å². The fourth-order valence-electron chi connectivity index (χ4n) is 4.60. The first-order valence-electron chi connectivity index (χ1n) is 11.6. The Morgan fingerprint density at radius 3 is 2.58 bits per heavy atom. The van der Waals surface area contributed by atoms with Crippen molar-refractivity contribution in [3.05, 3.63) is 99.5 Å². The Balaban J connectivity index is 1.35. The van der Waals surface area contributed by atoms with Crippen LogP contribution >= 0.6 is 11.8 Å². The van der Waals surface area contributed by atoms with Crippen molar-refractivity contribution in [2.24, 2.45) is 0 Å². The molecule has 3 aromatic carbocycles. The highest BCUT2D eigenvalue weighted by Gasteiger charge is 2.31. The van der Waals surface area contributed by atoms with E-state index in [0.717, 1.165) is 41.9 Å². The first kappa shape index (κ1) is 24.2. The van der Waals surface area contributed by atoms with Crippen molar-refractivity contribution in [2.75, 3.05) is 11.9 Å². The van der Waals surface area contributed by atoms with E-state index in [1.165, 1.54) is 34.4 Å². The Morgan fingerprint density at radius 2 is 1.83 bits per heavy atom. The van der Waals surface area contributed by atoms with E-state index in [2.05, 4.69) is 17.4 Å². The summed E-state index contributed by atoms with van der Waals surface area (Å²) in [5, 5.41) is 3.14. The van der Waals surface area contributed by atoms with Crippen LogP contribution in [0.4, 0.5) is 18.9 Å². The van der Waals surface area contributed by atoms with Crippen LogP contribution in [0.2, 0.25) is 0 Å². The van der Waals surface area contributed by atoms with Crippen molar-refractivity contribution in [3.8, 4) is 0 Å². The van der Waals surface area contributed by atoms with Gasteiger partial charge in [-0.1, -0.05) is 48.2 Å². The standard InChI is InChI=1S/C28H23F3N2O2S/c1-33-23-16-19(26(34)32-22-8-4-6-18-5-2-3-7-21(18)22)11-14-24(23)36-25(27(33)35)15-17-9-12-20(13-10-17)28(29,30)31/h2-3,5,7,9-16,22H,4,6,8H2,1H3,(H,32,34)/b25-15-. The number of carbonyl (C=O) groups is 2. The first-order chi connectivity index (χ1) is 17.2. The summed E-state index contributed by atoms with van der Waals surface area (Å²) in [6, 6.07) is 18.0. The van der Waals surface area contributed by atoms with E-state index in [-0.39, 0.29) is 17.9 Å². The van der Waals surface area contributed by atoms with Gasteiger partial charge in [0.05, 0.1) is 22.2 Å². The molecule has 1 N–H and O–H groups in total. The van der Waals surface area contributed by atoms with Gasteiger partial charge in [-0.3, -0.25) is 9.59 Å². The lowest BCUT2D eigenvalue weighted by atomic mass is 9.87. The fourth-order valence-corrected chi connectivity index (χ4v) is 5.69. The monoisotopic (exact) mass is 508 g/mol. The number of nitrogens with one attached hydrogen (secondary N) is 1. The van der Waals surface area contributed by atoms with E-state index < -0.39 is 11.7 Å². The molecule has 4 nitrogen and oxygen atoms in total. The number of benzene rings is 3. The van der Waals surface area contributed by atoms with Crippen molar-refractivity contribution in [1.82, 2.24) is 5.32 Å². The third-order valence-electron chi connectivity index (χ3n) is 6.53. The second-order valence-electron chi connectivity index (χ2n) is 8.89. The van der Waals surface area contributed by atoms with Gasteiger partial charge < -0.3 is 10.2 Å². The molecule has 2 amide bonds. The van der Waals surface area contributed by atoms with Gasteiger partial charge in [0.1, 0.15) is 0 Å². The van der Waals surface area contributed by atoms with Gasteiger partial charge in [-0.05, 0) is 72.4 Å². The zero-order chi connectivity index (χ0) is 25.4. The summed E-state index contributed by atoms with van der Waals surface area (Å²) in [6.07, 6.45) is 0.0558. The van der Waals surface area contributed by atoms with Gasteiger partial charge >= 0.3 is 6.18 Å². The van der Waals surface area contributed by atoms with Crippen LogP contribution in [-0.2, 0) is 17.4 Å². The molecule has 0 radical (unpaired) electrons. The van der Waals surface area contributed by atoms with Crippen molar-refractivity contribution < 1.29 is 22.8 Å². The number of carbonyl (C=O) groups excluding carboxylic acids is 2. The average molecular weight is 509 g/mol. The highest BCUT2D eigenvalue weighted by molar-refractivity contribution is 8.04. The second kappa shape index (κ2) is 9.50. The number of anilines is 1. The molecule has 0 saturated heterocycles. The first-order valence-corrected chi connectivity index (χ1v) is 12.4. The fraction of sp³-hybridized carbons (Fsp3) is 0.214. The van der Waals surface area contributed by atoms with Gasteiger partial charge in [0.2, 0.25) is 0 Å². The number of nitrogens with zero attached hydrogens (tertiary/aromatic N) is 1. The van der Waals surface area contributed by atoms with Gasteiger partial charge in [0.15, 0.2) is 0 Å². The van der Waals surface area contributed by atoms with Crippen LogP contribution in [0, 0.1) is 0 Å². The topological polar surface area (TPSA) is 49.4 Å². The number of rotatable bonds is 3. The Morgan fingerprint density at radius 1 is 1.08 bits per heavy atom. The number of thioether (sulfide) groups is 1. The maximum atomic E-state index is 13.1. The summed E-state index contributed by atoms with van der Waals surface area (Å²) in [4.78, 5) is 28.7. The molecule has 1 aliphatic heterocycles. The molecule has 0 fully saturated rings. The Bertz CT molecular complexity index is 1370. The van der Waals surface area contributed by atoms with Crippen LogP contribution in [0.25, 0.3) is 6.08 Å². The lowest BCUT2D eigenvalue weighted by molar-refractivity contribution is -0.137. The molecule has 1 heterocycles. The molecule has 0 saturated carbocycles. The van der Waals surface area contributed by atoms with Crippen molar-refractivity contribution in [2.45, 2.75) is 36.4 Å². The van der Waals surface area contributed by atoms with Crippen LogP contribution in [0.3, 0.4) is 0 Å². The normalized spacial score (nSPS) is 18.6. The van der Waals surface area contributed by atoms with Crippen molar-refractivity contribution in [3.63, 3.8) is 0 Å². The van der Waals surface area contributed by atoms with E-state index in [1.807, 2.05) is 12.1 Å². The van der Waals surface area contributed by atoms with Crippen LogP contribution in [-0.4, -0.2) is 18.9 Å². The van der Waals surface area contributed by atoms with E-state index in [0.29, 0.717) is 21.7 Å². The van der Waals surface area contributed by atoms with Crippen LogP contribution < -0.4 is 10.2 Å². The predicted molar refractivity (Wildman–Crippen MR) is 135 cm³/mol. The summed E-state index contributed by atoms with van der Waals surface area (Å²) in [5.41, 5.74) is 3.25. The number of alkyl halides is 3. The summed E-state index contributed by atoms with van der Waals surface area (Å²) in [5.74, 6) is -0.484. The molecule has 0 spiro atoms. The molecule has 3 aromatic rings. The highest BCUT2D eigenvalue weighted by atomic mass is 32.2. The van der Waals surface area contributed by atoms with Crippen LogP contribution in [0.1, 0.15) is 51.5 Å². The SMILES string of the molecule is CN1C(=O)/C(=C/c2ccc(C(F)(F)F)cc2)Sc2ccc(C(=O)NC3CCCc4ccccc43)cc21. The molecule has 1 unspecified atom stereocenters. The van der Waals surface area contributed by atoms with E-state index in [9.17, 15) is 22.8 Å². The minimum absolute atomic E-state index is 0.0505. The third-order valence-corrected chi connectivity index (χ3v) is 7.61. The molecule has 5 rings (SSSR count). The second-order valence-corrected chi connectivity index (χ2v) is 9.98. The van der Waals surface area contributed by atoms with Crippen LogP contribution in [0.5, 0.6) is 0 Å². The lowest BCUT2D eigenvalue weighted by Gasteiger charge is -2.28. The molecule has 1 atom stereocenters. The van der Waals surface area contributed by atoms with Crippen LogP contribution in [0.15, 0.2) is 76.5 Å². The third kappa shape index (κ3) is 4.78. The summed E-state index contributed by atoms with van der Waals surface area (Å²) < 4.78 is 38.5. The molecule has 36 heavy (non-hydrogen) atoms. The molecule has 0 aromatic heterocycles. The van der Waals surface area contributed by atoms with E-state index in [1.54, 1.807) is 31.3 Å². The number of aryl methyl sites for hydroxylation is 1. The zero-order valence-corrected chi connectivity index (χ0v) is 20.2. The maximum absolute atomic E-state index is 13.1. The number of fused-ring (bicyclic) bond motifs is 2. The van der Waals surface area contributed by atoms with Gasteiger partial charge in [-0.2, -0.15) is 13.2 Å². The number of halogens is 3. The number of hydrogen-bond donors (Lipinski definition) is 1. The zero-order valence-electron chi connectivity index (χ0n) is 19.4. The van der Waals surface area contributed by atoms with Crippen molar-refractivity contribution in [1.29, 1.82) is 0 Å². The van der Waals surface area contributed by atoms with Crippen molar-refractivity contribution >= 4 is 35.3 Å². The molecule has 1 aliphatic carbocycles. The Hall–Kier alpha value is -3.52. The lowest BCUT2D eigenvalue weighted by Crippen LogP contribution is -2.32. The average Bonchev–Trinajstić information content (AvgIpc) is 2.87. The summed E-state index contributed by atoms with van der Waals surface area (Å²) in [7, 11) is 1.63. The highest BCUT2D eigenvalue weighted by Crippen LogP contribution is 2.42.